The Morgan fingerprint density at radius 3 is 2.77 bits per heavy atom. The van der Waals surface area contributed by atoms with Crippen molar-refractivity contribution in [2.75, 3.05) is 38.0 Å². The number of para-hydroxylation sites is 1. The fourth-order valence-corrected chi connectivity index (χ4v) is 3.05. The van der Waals surface area contributed by atoms with Gasteiger partial charge in [-0.05, 0) is 6.07 Å². The van der Waals surface area contributed by atoms with Gasteiger partial charge >= 0.3 is 0 Å². The van der Waals surface area contributed by atoms with E-state index in [1.54, 1.807) is 11.1 Å². The van der Waals surface area contributed by atoms with Crippen molar-refractivity contribution in [2.24, 2.45) is 0 Å². The van der Waals surface area contributed by atoms with E-state index in [0.717, 1.165) is 30.5 Å². The van der Waals surface area contributed by atoms with Gasteiger partial charge < -0.3 is 15.5 Å². The van der Waals surface area contributed by atoms with Crippen molar-refractivity contribution in [1.29, 1.82) is 0 Å². The molecular weight excluding hydrogens is 330 g/mol. The molecule has 1 aliphatic heterocycles. The highest BCUT2D eigenvalue weighted by Gasteiger charge is 2.19. The van der Waals surface area contributed by atoms with E-state index in [0.29, 0.717) is 31.1 Å². The summed E-state index contributed by atoms with van der Waals surface area (Å²) in [5.74, 6) is 0.590. The number of rotatable bonds is 5. The molecule has 1 fully saturated rings. The van der Waals surface area contributed by atoms with Crippen LogP contribution < -0.4 is 10.6 Å². The zero-order chi connectivity index (χ0) is 17.8. The first-order valence-corrected chi connectivity index (χ1v) is 8.78. The highest BCUT2D eigenvalue weighted by atomic mass is 16.2. The lowest BCUT2D eigenvalue weighted by atomic mass is 10.2. The van der Waals surface area contributed by atoms with Crippen molar-refractivity contribution in [2.45, 2.75) is 6.54 Å². The summed E-state index contributed by atoms with van der Waals surface area (Å²) in [6.07, 6.45) is 5.01. The van der Waals surface area contributed by atoms with Crippen LogP contribution in [0, 0.1) is 0 Å². The minimum atomic E-state index is -0.0615. The van der Waals surface area contributed by atoms with Gasteiger partial charge in [0.1, 0.15) is 11.5 Å². The summed E-state index contributed by atoms with van der Waals surface area (Å²) < 4.78 is 1.96. The molecule has 1 aliphatic rings. The molecule has 0 unspecified atom stereocenters. The normalized spacial score (nSPS) is 14.5. The molecule has 0 radical (unpaired) electrons. The Hall–Kier alpha value is -3.00. The van der Waals surface area contributed by atoms with Crippen LogP contribution in [0.5, 0.6) is 0 Å². The molecule has 4 rings (SSSR count). The van der Waals surface area contributed by atoms with Crippen LogP contribution in [-0.4, -0.2) is 63.3 Å². The molecule has 0 spiro atoms. The van der Waals surface area contributed by atoms with E-state index in [1.807, 2.05) is 29.1 Å². The van der Waals surface area contributed by atoms with Crippen LogP contribution in [0.1, 0.15) is 10.5 Å². The molecule has 8 nitrogen and oxygen atoms in total. The number of carbonyl (C=O) groups is 1. The molecule has 26 heavy (non-hydrogen) atoms. The fourth-order valence-electron chi connectivity index (χ4n) is 3.05. The van der Waals surface area contributed by atoms with E-state index in [-0.39, 0.29) is 5.91 Å². The van der Waals surface area contributed by atoms with Crippen LogP contribution in [0.15, 0.2) is 42.9 Å². The topological polar surface area (TPSA) is 88.0 Å². The quantitative estimate of drug-likeness (QED) is 0.713. The highest BCUT2D eigenvalue weighted by Crippen LogP contribution is 2.12. The van der Waals surface area contributed by atoms with Gasteiger partial charge in [0.15, 0.2) is 0 Å². The number of hydrogen-bond donors (Lipinski definition) is 2. The van der Waals surface area contributed by atoms with E-state index < -0.39 is 0 Å². The second-order valence-corrected chi connectivity index (χ2v) is 6.18. The third kappa shape index (κ3) is 3.50. The number of nitrogens with zero attached hydrogens (tertiary/aromatic N) is 5. The maximum absolute atomic E-state index is 12.4. The van der Waals surface area contributed by atoms with E-state index in [9.17, 15) is 4.79 Å². The predicted octanol–water partition coefficient (Wildman–Crippen LogP) is 0.984. The van der Waals surface area contributed by atoms with Gasteiger partial charge in [-0.1, -0.05) is 18.2 Å². The van der Waals surface area contributed by atoms with Gasteiger partial charge in [-0.2, -0.15) is 5.10 Å². The number of aromatic nitrogens is 4. The molecule has 3 heterocycles. The molecule has 2 aromatic heterocycles. The molecule has 3 aromatic rings. The largest absolute Gasteiger partial charge is 0.367 e. The zero-order valence-corrected chi connectivity index (χ0v) is 14.4. The monoisotopic (exact) mass is 351 g/mol. The average molecular weight is 351 g/mol. The van der Waals surface area contributed by atoms with Gasteiger partial charge in [-0.3, -0.25) is 9.48 Å². The minimum Gasteiger partial charge on any atom is -0.367 e. The lowest BCUT2D eigenvalue weighted by Crippen LogP contribution is -2.46. The Bertz CT molecular complexity index is 884. The molecule has 0 saturated carbocycles. The van der Waals surface area contributed by atoms with Gasteiger partial charge in [0.25, 0.3) is 5.91 Å². The lowest BCUT2D eigenvalue weighted by Gasteiger charge is -2.26. The Kier molecular flexibility index (Phi) is 4.74. The number of piperazine rings is 1. The van der Waals surface area contributed by atoms with Gasteiger partial charge in [-0.15, -0.1) is 0 Å². The molecule has 1 aromatic carbocycles. The Morgan fingerprint density at radius 2 is 1.96 bits per heavy atom. The summed E-state index contributed by atoms with van der Waals surface area (Å²) in [7, 11) is 0. The Morgan fingerprint density at radius 1 is 1.12 bits per heavy atom. The summed E-state index contributed by atoms with van der Waals surface area (Å²) in [4.78, 5) is 22.7. The third-order valence-corrected chi connectivity index (χ3v) is 4.46. The van der Waals surface area contributed by atoms with Crippen LogP contribution >= 0.6 is 0 Å². The van der Waals surface area contributed by atoms with Crippen LogP contribution in [0.2, 0.25) is 0 Å². The summed E-state index contributed by atoms with van der Waals surface area (Å²) in [6, 6.07) is 8.11. The molecule has 0 atom stereocenters. The van der Waals surface area contributed by atoms with E-state index >= 15 is 0 Å². The second-order valence-electron chi connectivity index (χ2n) is 6.18. The number of anilines is 1. The number of fused-ring (bicyclic) bond motifs is 1. The van der Waals surface area contributed by atoms with Gasteiger partial charge in [0.2, 0.25) is 0 Å². The summed E-state index contributed by atoms with van der Waals surface area (Å²) >= 11 is 0. The summed E-state index contributed by atoms with van der Waals surface area (Å²) in [6.45, 7) is 4.45. The Labute approximate surface area is 151 Å². The molecular formula is C18H21N7O. The first kappa shape index (κ1) is 16.5. The van der Waals surface area contributed by atoms with E-state index in [2.05, 4.69) is 31.8 Å². The molecule has 1 amide bonds. The number of carbonyl (C=O) groups excluding carboxylic acids is 1. The molecule has 2 N–H and O–H groups in total. The number of hydrogen-bond acceptors (Lipinski definition) is 6. The van der Waals surface area contributed by atoms with Crippen molar-refractivity contribution in [3.63, 3.8) is 0 Å². The summed E-state index contributed by atoms with van der Waals surface area (Å²) in [5, 5.41) is 12.0. The maximum Gasteiger partial charge on any atom is 0.274 e. The number of amides is 1. The van der Waals surface area contributed by atoms with Crippen molar-refractivity contribution < 1.29 is 4.79 Å². The van der Waals surface area contributed by atoms with Crippen molar-refractivity contribution >= 4 is 22.6 Å². The molecule has 0 bridgehead atoms. The SMILES string of the molecule is O=C(c1cnc(NCCn2ncc3ccccc32)cn1)N1CCNCC1. The van der Waals surface area contributed by atoms with Crippen molar-refractivity contribution in [3.8, 4) is 0 Å². The zero-order valence-electron chi connectivity index (χ0n) is 14.4. The first-order valence-electron chi connectivity index (χ1n) is 8.78. The molecule has 8 heteroatoms. The third-order valence-electron chi connectivity index (χ3n) is 4.46. The molecule has 0 aliphatic carbocycles. The number of benzene rings is 1. The van der Waals surface area contributed by atoms with Crippen LogP contribution in [0.4, 0.5) is 5.82 Å². The van der Waals surface area contributed by atoms with Crippen LogP contribution in [0.25, 0.3) is 10.9 Å². The predicted molar refractivity (Wildman–Crippen MR) is 99.0 cm³/mol. The number of nitrogens with one attached hydrogen (secondary N) is 2. The fraction of sp³-hybridized carbons (Fsp3) is 0.333. The van der Waals surface area contributed by atoms with Gasteiger partial charge in [0, 0.05) is 38.1 Å². The highest BCUT2D eigenvalue weighted by molar-refractivity contribution is 5.92. The average Bonchev–Trinajstić information content (AvgIpc) is 3.12. The van der Waals surface area contributed by atoms with E-state index in [1.165, 1.54) is 6.20 Å². The molecule has 1 saturated heterocycles. The smallest absolute Gasteiger partial charge is 0.274 e. The van der Waals surface area contributed by atoms with Gasteiger partial charge in [0.05, 0.1) is 30.7 Å². The molecule has 134 valence electrons. The standard InChI is InChI=1S/C18H21N7O/c26-18(24-8-5-19-6-9-24)15-12-22-17(13-21-15)20-7-10-25-16-4-2-1-3-14(16)11-23-25/h1-4,11-13,19H,5-10H2,(H,20,22). The van der Waals surface area contributed by atoms with Crippen LogP contribution in [0.3, 0.4) is 0 Å². The van der Waals surface area contributed by atoms with Crippen molar-refractivity contribution in [1.82, 2.24) is 30.0 Å². The van der Waals surface area contributed by atoms with Crippen molar-refractivity contribution in [3.05, 3.63) is 48.5 Å². The van der Waals surface area contributed by atoms with Crippen LogP contribution in [-0.2, 0) is 6.54 Å². The summed E-state index contributed by atoms with van der Waals surface area (Å²) in [5.41, 5.74) is 1.49. The van der Waals surface area contributed by atoms with E-state index in [4.69, 9.17) is 0 Å². The van der Waals surface area contributed by atoms with Gasteiger partial charge in [-0.25, -0.2) is 9.97 Å². The lowest BCUT2D eigenvalue weighted by molar-refractivity contribution is 0.0729. The first-order chi connectivity index (χ1) is 12.8. The minimum absolute atomic E-state index is 0.0615. The maximum atomic E-state index is 12.4. The Balaban J connectivity index is 1.33. The second kappa shape index (κ2) is 7.49.